The van der Waals surface area contributed by atoms with E-state index in [0.717, 1.165) is 31.5 Å². The number of rotatable bonds is 6. The fraction of sp³-hybridized carbons (Fsp3) is 0.444. The molecule has 1 heterocycles. The smallest absolute Gasteiger partial charge is 0.337 e. The molecule has 0 spiro atoms. The largest absolute Gasteiger partial charge is 0.465 e. The highest BCUT2D eigenvalue weighted by Crippen LogP contribution is 2.39. The number of urea groups is 1. The van der Waals surface area contributed by atoms with E-state index < -0.39 is 0 Å². The van der Waals surface area contributed by atoms with Crippen molar-refractivity contribution in [2.45, 2.75) is 32.1 Å². The number of ether oxygens (including phenoxy) is 1. The molecule has 1 atom stereocenters. The van der Waals surface area contributed by atoms with E-state index in [1.54, 1.807) is 28.8 Å². The summed E-state index contributed by atoms with van der Waals surface area (Å²) in [5.74, 6) is -0.371. The number of hydrogen-bond donors (Lipinski definition) is 0. The van der Waals surface area contributed by atoms with Crippen LogP contribution >= 0.6 is 11.8 Å². The maximum Gasteiger partial charge on any atom is 0.337 e. The molecule has 5 nitrogen and oxygen atoms in total. The first kappa shape index (κ1) is 18.4. The van der Waals surface area contributed by atoms with Crippen molar-refractivity contribution >= 4 is 23.8 Å². The van der Waals surface area contributed by atoms with E-state index in [1.807, 2.05) is 28.6 Å². The zero-order chi connectivity index (χ0) is 17.5. The molecule has 1 aliphatic heterocycles. The minimum atomic E-state index is -0.371. The van der Waals surface area contributed by atoms with Gasteiger partial charge in [0, 0.05) is 19.3 Å². The molecule has 0 aromatic heterocycles. The van der Waals surface area contributed by atoms with E-state index in [4.69, 9.17) is 4.74 Å². The number of benzene rings is 1. The normalized spacial score (nSPS) is 16.3. The second kappa shape index (κ2) is 8.78. The average molecular weight is 348 g/mol. The summed E-state index contributed by atoms with van der Waals surface area (Å²) >= 11 is 1.56. The Balaban J connectivity index is 2.21. The lowest BCUT2D eigenvalue weighted by Gasteiger charge is -2.30. The quantitative estimate of drug-likeness (QED) is 0.722. The Morgan fingerprint density at radius 1 is 1.25 bits per heavy atom. The van der Waals surface area contributed by atoms with Crippen LogP contribution in [0.2, 0.25) is 0 Å². The maximum absolute atomic E-state index is 12.9. The number of amides is 2. The van der Waals surface area contributed by atoms with Crippen LogP contribution < -0.4 is 0 Å². The van der Waals surface area contributed by atoms with Gasteiger partial charge in [-0.2, -0.15) is 0 Å². The van der Waals surface area contributed by atoms with Crippen molar-refractivity contribution in [3.05, 3.63) is 47.0 Å². The first-order valence-electron chi connectivity index (χ1n) is 8.20. The van der Waals surface area contributed by atoms with Crippen LogP contribution in [0.5, 0.6) is 0 Å². The minimum absolute atomic E-state index is 0.00780. The van der Waals surface area contributed by atoms with Crippen LogP contribution in [0.4, 0.5) is 4.79 Å². The third-order valence-electron chi connectivity index (χ3n) is 3.75. The van der Waals surface area contributed by atoms with Crippen LogP contribution in [-0.2, 0) is 4.74 Å². The van der Waals surface area contributed by atoms with Crippen LogP contribution in [0.1, 0.15) is 48.0 Å². The number of hydrogen-bond acceptors (Lipinski definition) is 4. The fourth-order valence-corrected chi connectivity index (χ4v) is 3.61. The number of carbonyl (C=O) groups is 2. The Bertz CT molecular complexity index is 612. The molecule has 0 aliphatic carbocycles. The summed E-state index contributed by atoms with van der Waals surface area (Å²) in [6, 6.07) is 7.27. The van der Waals surface area contributed by atoms with Gasteiger partial charge in [0.05, 0.1) is 12.7 Å². The molecule has 0 saturated heterocycles. The van der Waals surface area contributed by atoms with Crippen LogP contribution in [0.15, 0.2) is 35.9 Å². The van der Waals surface area contributed by atoms with Gasteiger partial charge in [0.25, 0.3) is 0 Å². The van der Waals surface area contributed by atoms with E-state index in [0.29, 0.717) is 5.56 Å². The summed E-state index contributed by atoms with van der Waals surface area (Å²) in [6.45, 7) is 5.64. The molecule has 2 rings (SSSR count). The Kier molecular flexibility index (Phi) is 6.73. The third kappa shape index (κ3) is 4.12. The van der Waals surface area contributed by atoms with Crippen molar-refractivity contribution in [3.63, 3.8) is 0 Å². The molecule has 0 N–H and O–H groups in total. The van der Waals surface area contributed by atoms with Crippen molar-refractivity contribution < 1.29 is 14.3 Å². The Morgan fingerprint density at radius 2 is 1.96 bits per heavy atom. The molecule has 0 bridgehead atoms. The summed E-state index contributed by atoms with van der Waals surface area (Å²) in [5.41, 5.74) is 1.41. The molecule has 1 aliphatic rings. The zero-order valence-corrected chi connectivity index (χ0v) is 15.2. The number of nitrogens with zero attached hydrogens (tertiary/aromatic N) is 2. The van der Waals surface area contributed by atoms with Gasteiger partial charge in [0.1, 0.15) is 5.37 Å². The number of thioether (sulfide) groups is 1. The summed E-state index contributed by atoms with van der Waals surface area (Å²) in [5, 5.41) is 1.77. The van der Waals surface area contributed by atoms with Gasteiger partial charge in [-0.25, -0.2) is 9.59 Å². The van der Waals surface area contributed by atoms with Gasteiger partial charge < -0.3 is 9.64 Å². The van der Waals surface area contributed by atoms with Crippen LogP contribution in [0, 0.1) is 0 Å². The van der Waals surface area contributed by atoms with Crippen molar-refractivity contribution in [3.8, 4) is 0 Å². The zero-order valence-electron chi connectivity index (χ0n) is 14.4. The Hall–Kier alpha value is -1.95. The molecule has 6 heteroatoms. The first-order chi connectivity index (χ1) is 11.6. The highest BCUT2D eigenvalue weighted by molar-refractivity contribution is 8.02. The van der Waals surface area contributed by atoms with Crippen molar-refractivity contribution in [2.75, 3.05) is 20.2 Å². The van der Waals surface area contributed by atoms with Gasteiger partial charge in [-0.3, -0.25) is 4.90 Å². The van der Waals surface area contributed by atoms with Gasteiger partial charge in [-0.05, 0) is 35.9 Å². The molecule has 0 radical (unpaired) electrons. The number of carbonyl (C=O) groups excluding carboxylic acids is 2. The van der Waals surface area contributed by atoms with E-state index >= 15 is 0 Å². The van der Waals surface area contributed by atoms with Crippen LogP contribution in [-0.4, -0.2) is 42.0 Å². The van der Waals surface area contributed by atoms with E-state index in [2.05, 4.69) is 13.8 Å². The molecule has 24 heavy (non-hydrogen) atoms. The highest BCUT2D eigenvalue weighted by atomic mass is 32.2. The predicted octanol–water partition coefficient (Wildman–Crippen LogP) is 4.23. The monoisotopic (exact) mass is 348 g/mol. The topological polar surface area (TPSA) is 49.9 Å². The summed E-state index contributed by atoms with van der Waals surface area (Å²) in [6.07, 6.45) is 3.68. The highest BCUT2D eigenvalue weighted by Gasteiger charge is 2.30. The molecule has 0 fully saturated rings. The van der Waals surface area contributed by atoms with E-state index in [-0.39, 0.29) is 17.4 Å². The number of esters is 1. The summed E-state index contributed by atoms with van der Waals surface area (Å²) in [4.78, 5) is 28.2. The van der Waals surface area contributed by atoms with Crippen molar-refractivity contribution in [2.24, 2.45) is 0 Å². The molecular formula is C18H24N2O3S. The Morgan fingerprint density at radius 3 is 2.58 bits per heavy atom. The lowest BCUT2D eigenvalue weighted by molar-refractivity contribution is 0.0600. The molecule has 130 valence electrons. The second-order valence-electron chi connectivity index (χ2n) is 5.57. The molecule has 1 aromatic rings. The molecule has 1 unspecified atom stereocenters. The standard InChI is InChI=1S/C18H24N2O3S/c1-4-9-19(10-5-2)18(22)20-11-12-24-16(20)14-7-6-8-15(13-14)17(21)23-3/h6-8,11-13,16H,4-5,9-10H2,1-3H3. The van der Waals surface area contributed by atoms with E-state index in [9.17, 15) is 9.59 Å². The van der Waals surface area contributed by atoms with Crippen LogP contribution in [0.25, 0.3) is 0 Å². The third-order valence-corrected chi connectivity index (χ3v) is 4.79. The lowest BCUT2D eigenvalue weighted by atomic mass is 10.1. The van der Waals surface area contributed by atoms with Gasteiger partial charge in [-0.15, -0.1) is 11.8 Å². The minimum Gasteiger partial charge on any atom is -0.465 e. The molecule has 2 amide bonds. The number of methoxy groups -OCH3 is 1. The molecule has 0 saturated carbocycles. The second-order valence-corrected chi connectivity index (χ2v) is 6.56. The Labute approximate surface area is 147 Å². The van der Waals surface area contributed by atoms with Gasteiger partial charge >= 0.3 is 12.0 Å². The predicted molar refractivity (Wildman–Crippen MR) is 96.6 cm³/mol. The maximum atomic E-state index is 12.9. The molecule has 1 aromatic carbocycles. The van der Waals surface area contributed by atoms with Gasteiger partial charge in [0.2, 0.25) is 0 Å². The van der Waals surface area contributed by atoms with Crippen molar-refractivity contribution in [1.29, 1.82) is 0 Å². The summed E-state index contributed by atoms with van der Waals surface area (Å²) in [7, 11) is 1.37. The SMILES string of the molecule is CCCN(CCC)C(=O)N1C=CSC1c1cccc(C(=O)OC)c1. The fourth-order valence-electron chi connectivity index (χ4n) is 2.67. The first-order valence-corrected chi connectivity index (χ1v) is 9.14. The molecular weight excluding hydrogens is 324 g/mol. The lowest BCUT2D eigenvalue weighted by Crippen LogP contribution is -2.41. The van der Waals surface area contributed by atoms with E-state index in [1.165, 1.54) is 7.11 Å². The summed E-state index contributed by atoms with van der Waals surface area (Å²) < 4.78 is 4.78. The van der Waals surface area contributed by atoms with Crippen LogP contribution in [0.3, 0.4) is 0 Å². The average Bonchev–Trinajstić information content (AvgIpc) is 3.10. The van der Waals surface area contributed by atoms with Crippen molar-refractivity contribution in [1.82, 2.24) is 9.80 Å². The van der Waals surface area contributed by atoms with Gasteiger partial charge in [-0.1, -0.05) is 26.0 Å². The van der Waals surface area contributed by atoms with Gasteiger partial charge in [0.15, 0.2) is 0 Å².